The molecule has 3 aromatic rings. The predicted octanol–water partition coefficient (Wildman–Crippen LogP) is 4.92. The van der Waals surface area contributed by atoms with Gasteiger partial charge in [-0.05, 0) is 60.3 Å². The number of hydrogen-bond donors (Lipinski definition) is 4. The average molecular weight is 377 g/mol. The van der Waals surface area contributed by atoms with Crippen LogP contribution in [0.25, 0.3) is 0 Å². The number of aryl methyl sites for hydroxylation is 1. The minimum atomic E-state index is -0.288. The zero-order chi connectivity index (χ0) is 18.8. The summed E-state index contributed by atoms with van der Waals surface area (Å²) in [5, 5.41) is 20.4. The number of nitrogens with zero attached hydrogens (tertiary/aromatic N) is 1. The van der Waals surface area contributed by atoms with Gasteiger partial charge in [0, 0.05) is 17.1 Å². The number of amidine groups is 1. The molecule has 1 aliphatic heterocycles. The summed E-state index contributed by atoms with van der Waals surface area (Å²) in [6.45, 7) is 2.53. The first-order valence-corrected chi connectivity index (χ1v) is 9.41. The Labute approximate surface area is 161 Å². The highest BCUT2D eigenvalue weighted by atomic mass is 32.1. The number of hydrogen-bond acceptors (Lipinski definition) is 4. The number of carbonyl (C=O) groups excluding carboxylic acids is 1. The third-order valence-corrected chi connectivity index (χ3v) is 5.17. The molecule has 0 bridgehead atoms. The number of benzene rings is 2. The second-order valence-corrected chi connectivity index (χ2v) is 7.19. The Hall–Kier alpha value is -3.32. The monoisotopic (exact) mass is 377 g/mol. The molecule has 7 heteroatoms. The first-order chi connectivity index (χ1) is 13.1. The minimum absolute atomic E-state index is 0.288. The molecule has 0 fully saturated rings. The summed E-state index contributed by atoms with van der Waals surface area (Å²) < 4.78 is 0. The number of carbonyl (C=O) groups is 1. The number of nitrogens with one attached hydrogen (secondary N) is 4. The second-order valence-electron chi connectivity index (χ2n) is 6.27. The van der Waals surface area contributed by atoms with E-state index in [1.807, 2.05) is 71.8 Å². The van der Waals surface area contributed by atoms with Crippen molar-refractivity contribution in [2.24, 2.45) is 0 Å². The van der Waals surface area contributed by atoms with E-state index < -0.39 is 0 Å². The lowest BCUT2D eigenvalue weighted by molar-refractivity contribution is 0.262. The molecule has 27 heavy (non-hydrogen) atoms. The van der Waals surface area contributed by atoms with Gasteiger partial charge in [-0.1, -0.05) is 12.1 Å². The summed E-state index contributed by atoms with van der Waals surface area (Å²) in [5.74, 6) is 0.475. The highest BCUT2D eigenvalue weighted by molar-refractivity contribution is 7.14. The van der Waals surface area contributed by atoms with E-state index in [2.05, 4.69) is 16.0 Å². The number of amides is 2. The fourth-order valence-corrected chi connectivity index (χ4v) is 3.75. The maximum absolute atomic E-state index is 12.2. The van der Waals surface area contributed by atoms with E-state index in [-0.39, 0.29) is 6.03 Å². The molecule has 6 nitrogen and oxygen atoms in total. The first kappa shape index (κ1) is 17.1. The molecule has 0 atom stereocenters. The zero-order valence-corrected chi connectivity index (χ0v) is 15.6. The molecule has 136 valence electrons. The van der Waals surface area contributed by atoms with Crippen LogP contribution in [0.3, 0.4) is 0 Å². The quantitative estimate of drug-likeness (QED) is 0.523. The Morgan fingerprint density at radius 1 is 1.11 bits per heavy atom. The van der Waals surface area contributed by atoms with Crippen molar-refractivity contribution in [3.05, 3.63) is 71.1 Å². The fourth-order valence-electron chi connectivity index (χ4n) is 2.97. The molecular formula is C20H19N5OS. The van der Waals surface area contributed by atoms with E-state index in [0.717, 1.165) is 27.5 Å². The van der Waals surface area contributed by atoms with Gasteiger partial charge >= 0.3 is 6.03 Å². The van der Waals surface area contributed by atoms with Crippen LogP contribution in [0, 0.1) is 12.3 Å². The van der Waals surface area contributed by atoms with E-state index in [1.54, 1.807) is 11.3 Å². The first-order valence-electron chi connectivity index (χ1n) is 8.53. The highest BCUT2D eigenvalue weighted by Gasteiger charge is 2.22. The van der Waals surface area contributed by atoms with Gasteiger partial charge in [0.1, 0.15) is 10.8 Å². The Morgan fingerprint density at radius 3 is 2.67 bits per heavy atom. The summed E-state index contributed by atoms with van der Waals surface area (Å²) in [6, 6.07) is 16.8. The summed E-state index contributed by atoms with van der Waals surface area (Å²) in [7, 11) is 0. The molecule has 4 N–H and O–H groups in total. The van der Waals surface area contributed by atoms with Crippen molar-refractivity contribution in [1.29, 1.82) is 5.41 Å². The van der Waals surface area contributed by atoms with E-state index in [1.165, 1.54) is 0 Å². The van der Waals surface area contributed by atoms with E-state index in [0.29, 0.717) is 18.2 Å². The van der Waals surface area contributed by atoms with Crippen molar-refractivity contribution in [3.63, 3.8) is 0 Å². The third kappa shape index (κ3) is 3.63. The van der Waals surface area contributed by atoms with E-state index in [4.69, 9.17) is 5.41 Å². The van der Waals surface area contributed by atoms with Gasteiger partial charge in [-0.15, -0.1) is 11.3 Å². The van der Waals surface area contributed by atoms with Gasteiger partial charge in [0.05, 0.1) is 12.2 Å². The molecule has 0 saturated heterocycles. The van der Waals surface area contributed by atoms with Crippen LogP contribution in [-0.2, 0) is 0 Å². The van der Waals surface area contributed by atoms with Crippen molar-refractivity contribution in [1.82, 2.24) is 0 Å². The molecule has 1 aliphatic rings. The maximum atomic E-state index is 12.2. The Morgan fingerprint density at radius 2 is 1.89 bits per heavy atom. The molecule has 2 aromatic carbocycles. The lowest BCUT2D eigenvalue weighted by atomic mass is 10.2. The van der Waals surface area contributed by atoms with Crippen LogP contribution in [0.15, 0.2) is 60.0 Å². The van der Waals surface area contributed by atoms with Gasteiger partial charge in [0.15, 0.2) is 0 Å². The maximum Gasteiger partial charge on any atom is 0.323 e. The van der Waals surface area contributed by atoms with Crippen LogP contribution >= 0.6 is 11.3 Å². The smallest absolute Gasteiger partial charge is 0.323 e. The normalized spacial score (nSPS) is 12.9. The molecule has 0 radical (unpaired) electrons. The number of fused-ring (bicyclic) bond motifs is 1. The number of urea groups is 1. The molecule has 4 rings (SSSR count). The fraction of sp³-hybridized carbons (Fsp3) is 0.100. The Balaban J connectivity index is 1.42. The summed E-state index contributed by atoms with van der Waals surface area (Å²) in [6.07, 6.45) is 0. The Bertz CT molecular complexity index is 996. The van der Waals surface area contributed by atoms with Crippen molar-refractivity contribution >= 4 is 45.3 Å². The van der Waals surface area contributed by atoms with E-state index in [9.17, 15) is 4.79 Å². The minimum Gasteiger partial charge on any atom is -0.359 e. The third-order valence-electron chi connectivity index (χ3n) is 4.30. The van der Waals surface area contributed by atoms with Gasteiger partial charge in [-0.25, -0.2) is 4.79 Å². The van der Waals surface area contributed by atoms with Crippen LogP contribution in [-0.4, -0.2) is 18.5 Å². The molecule has 0 aliphatic carbocycles. The number of anilines is 4. The molecule has 0 unspecified atom stereocenters. The van der Waals surface area contributed by atoms with Crippen LogP contribution < -0.4 is 20.9 Å². The van der Waals surface area contributed by atoms with Crippen LogP contribution in [0.4, 0.5) is 26.9 Å². The van der Waals surface area contributed by atoms with Crippen LogP contribution in [0.5, 0.6) is 0 Å². The Kier molecular flexibility index (Phi) is 4.52. The zero-order valence-electron chi connectivity index (χ0n) is 14.7. The van der Waals surface area contributed by atoms with Crippen molar-refractivity contribution < 1.29 is 4.79 Å². The largest absolute Gasteiger partial charge is 0.359 e. The molecule has 0 spiro atoms. The second kappa shape index (κ2) is 7.13. The number of thiophene rings is 1. The van der Waals surface area contributed by atoms with Gasteiger partial charge in [-0.2, -0.15) is 0 Å². The van der Waals surface area contributed by atoms with Gasteiger partial charge in [-0.3, -0.25) is 5.41 Å². The van der Waals surface area contributed by atoms with Gasteiger partial charge < -0.3 is 20.9 Å². The molecule has 0 saturated carbocycles. The van der Waals surface area contributed by atoms with Crippen LogP contribution in [0.2, 0.25) is 0 Å². The number of rotatable bonds is 3. The lowest BCUT2D eigenvalue weighted by Gasteiger charge is -2.30. The molecule has 2 heterocycles. The van der Waals surface area contributed by atoms with Gasteiger partial charge in [0.25, 0.3) is 0 Å². The SMILES string of the molecule is Cc1cccc(NC(=O)Nc2ccc(N3CNc4sccc4C3=N)cc2)c1. The molecule has 2 amide bonds. The summed E-state index contributed by atoms with van der Waals surface area (Å²) in [4.78, 5) is 14.1. The predicted molar refractivity (Wildman–Crippen MR) is 112 cm³/mol. The van der Waals surface area contributed by atoms with Crippen LogP contribution in [0.1, 0.15) is 11.1 Å². The summed E-state index contributed by atoms with van der Waals surface area (Å²) >= 11 is 1.60. The average Bonchev–Trinajstić information content (AvgIpc) is 3.13. The van der Waals surface area contributed by atoms with E-state index >= 15 is 0 Å². The molecular weight excluding hydrogens is 358 g/mol. The molecule has 1 aromatic heterocycles. The van der Waals surface area contributed by atoms with Crippen molar-refractivity contribution in [3.8, 4) is 0 Å². The highest BCUT2D eigenvalue weighted by Crippen LogP contribution is 2.30. The standard InChI is InChI=1S/C20H19N5OS/c1-13-3-2-4-15(11-13)24-20(26)23-14-5-7-16(8-6-14)25-12-22-19-17(18(25)21)9-10-27-19/h2-11,21-22H,12H2,1H3,(H2,23,24,26). The summed E-state index contributed by atoms with van der Waals surface area (Å²) in [5.41, 5.74) is 4.34. The van der Waals surface area contributed by atoms with Gasteiger partial charge in [0.2, 0.25) is 0 Å². The topological polar surface area (TPSA) is 80.2 Å². The van der Waals surface area contributed by atoms with Crippen molar-refractivity contribution in [2.75, 3.05) is 27.5 Å². The lowest BCUT2D eigenvalue weighted by Crippen LogP contribution is -2.39. The van der Waals surface area contributed by atoms with Crippen molar-refractivity contribution in [2.45, 2.75) is 6.92 Å².